The molecule has 0 bridgehead atoms. The average molecular weight is 543 g/mol. The number of hydrogen-bond acceptors (Lipinski definition) is 4. The first-order chi connectivity index (χ1) is 16.7. The van der Waals surface area contributed by atoms with E-state index in [2.05, 4.69) is 44.1 Å². The van der Waals surface area contributed by atoms with Gasteiger partial charge in [-0.15, -0.1) is 0 Å². The molecule has 2 aromatic carbocycles. The van der Waals surface area contributed by atoms with Crippen molar-refractivity contribution < 1.29 is 27.1 Å². The Morgan fingerprint density at radius 2 is 1.89 bits per heavy atom. The fourth-order valence-electron chi connectivity index (χ4n) is 4.25. The van der Waals surface area contributed by atoms with Crippen LogP contribution in [0.2, 0.25) is 18.1 Å². The number of anilines is 1. The van der Waals surface area contributed by atoms with Crippen molar-refractivity contribution in [1.29, 1.82) is 0 Å². The normalized spacial score (nSPS) is 15.5. The van der Waals surface area contributed by atoms with Gasteiger partial charge in [0.2, 0.25) is 0 Å². The largest absolute Gasteiger partial charge is 0.496 e. The number of halogens is 4. The summed E-state index contributed by atoms with van der Waals surface area (Å²) >= 11 is 6.72. The molecule has 10 heteroatoms. The Morgan fingerprint density at radius 1 is 1.19 bits per heavy atom. The van der Waals surface area contributed by atoms with E-state index in [-0.39, 0.29) is 22.8 Å². The predicted octanol–water partition coefficient (Wildman–Crippen LogP) is 6.39. The van der Waals surface area contributed by atoms with Crippen LogP contribution in [-0.2, 0) is 23.6 Å². The lowest BCUT2D eigenvalue weighted by Crippen LogP contribution is -2.45. The molecule has 1 atom stereocenters. The van der Waals surface area contributed by atoms with Gasteiger partial charge in [0, 0.05) is 25.2 Å². The number of carbonyl (C=O) groups is 1. The molecule has 1 aliphatic rings. The Hall–Kier alpha value is -2.07. The molecule has 1 heterocycles. The van der Waals surface area contributed by atoms with E-state index in [1.165, 1.54) is 6.07 Å². The summed E-state index contributed by atoms with van der Waals surface area (Å²) in [5, 5.41) is 3.09. The molecule has 2 aromatic rings. The number of fused-ring (bicyclic) bond motifs is 1. The fourth-order valence-corrected chi connectivity index (χ4v) is 5.69. The number of amides is 1. The lowest BCUT2D eigenvalue weighted by Gasteiger charge is -2.38. The van der Waals surface area contributed by atoms with Crippen molar-refractivity contribution >= 4 is 32.2 Å². The molecule has 1 amide bonds. The van der Waals surface area contributed by atoms with Crippen LogP contribution in [0.3, 0.4) is 0 Å². The average Bonchev–Trinajstić information content (AvgIpc) is 2.78. The van der Waals surface area contributed by atoms with Gasteiger partial charge in [0.1, 0.15) is 5.75 Å². The summed E-state index contributed by atoms with van der Waals surface area (Å²) in [6.45, 7) is 13.1. The molecule has 1 aliphatic heterocycles. The molecule has 3 rings (SSSR count). The number of alkyl halides is 3. The van der Waals surface area contributed by atoms with E-state index in [9.17, 15) is 18.0 Å². The molecule has 0 fully saturated rings. The topological polar surface area (TPSA) is 50.8 Å². The maximum atomic E-state index is 13.4. The zero-order valence-electron chi connectivity index (χ0n) is 21.6. The first kappa shape index (κ1) is 28.5. The summed E-state index contributed by atoms with van der Waals surface area (Å²) in [5.41, 5.74) is 1.23. The molecule has 5 nitrogen and oxygen atoms in total. The summed E-state index contributed by atoms with van der Waals surface area (Å²) in [6, 6.07) is 6.84. The van der Waals surface area contributed by atoms with Gasteiger partial charge < -0.3 is 14.5 Å². The van der Waals surface area contributed by atoms with Crippen LogP contribution in [0.25, 0.3) is 0 Å². The first-order valence-electron chi connectivity index (χ1n) is 11.9. The number of carbonyl (C=O) groups excluding carboxylic acids is 1. The zero-order chi connectivity index (χ0) is 26.8. The van der Waals surface area contributed by atoms with Crippen molar-refractivity contribution in [3.8, 4) is 5.75 Å². The lowest BCUT2D eigenvalue weighted by atomic mass is 9.88. The quantitative estimate of drug-likeness (QED) is 0.412. The van der Waals surface area contributed by atoms with Gasteiger partial charge in [-0.05, 0) is 60.3 Å². The van der Waals surface area contributed by atoms with Gasteiger partial charge in [-0.3, -0.25) is 9.69 Å². The molecular weight excluding hydrogens is 509 g/mol. The van der Waals surface area contributed by atoms with Gasteiger partial charge >= 0.3 is 6.18 Å². The minimum absolute atomic E-state index is 0.00913. The van der Waals surface area contributed by atoms with Gasteiger partial charge in [-0.2, -0.15) is 13.2 Å². The van der Waals surface area contributed by atoms with Gasteiger partial charge in [0.25, 0.3) is 5.91 Å². The third-order valence-corrected chi connectivity index (χ3v) is 7.57. The molecule has 0 saturated carbocycles. The summed E-state index contributed by atoms with van der Waals surface area (Å²) in [7, 11) is -0.0769. The van der Waals surface area contributed by atoms with Crippen molar-refractivity contribution in [2.75, 3.05) is 25.5 Å². The van der Waals surface area contributed by atoms with E-state index in [4.69, 9.17) is 20.8 Å². The zero-order valence-corrected chi connectivity index (χ0v) is 23.5. The number of nitrogens with zero attached hydrogens (tertiary/aromatic N) is 1. The second-order valence-corrected chi connectivity index (χ2v) is 13.2. The molecule has 36 heavy (non-hydrogen) atoms. The summed E-state index contributed by atoms with van der Waals surface area (Å²) in [6.07, 6.45) is -3.75. The third kappa shape index (κ3) is 6.82. The first-order valence-corrected chi connectivity index (χ1v) is 15.1. The fraction of sp³-hybridized carbons (Fsp3) is 0.500. The highest BCUT2D eigenvalue weighted by molar-refractivity contribution is 6.48. The van der Waals surface area contributed by atoms with Crippen molar-refractivity contribution in [3.63, 3.8) is 0 Å². The highest BCUT2D eigenvalue weighted by Gasteiger charge is 2.35. The van der Waals surface area contributed by atoms with E-state index >= 15 is 0 Å². The minimum atomic E-state index is -4.65. The monoisotopic (exact) mass is 542 g/mol. The number of ether oxygens (including phenoxy) is 1. The van der Waals surface area contributed by atoms with E-state index in [1.54, 1.807) is 6.07 Å². The molecule has 1 N–H and O–H groups in total. The van der Waals surface area contributed by atoms with Crippen molar-refractivity contribution in [3.05, 3.63) is 57.6 Å². The summed E-state index contributed by atoms with van der Waals surface area (Å²) in [5.74, 6) is -1.02. The standard InChI is InChI=1S/C26H34ClF3N2O3Si/c1-25(2,3)22(35-36(5)6)15-32-12-11-16-7-9-20(23(27)18(16)14-32)31-24(33)17-8-10-21(34-4)19(13-17)26(28,29)30/h7-10,13,22,36H,11-12,14-15H2,1-6H3,(H,31,33). The number of nitrogens with one attached hydrogen (secondary N) is 1. The van der Waals surface area contributed by atoms with E-state index in [0.29, 0.717) is 17.3 Å². The number of methoxy groups -OCH3 is 1. The maximum Gasteiger partial charge on any atom is 0.419 e. The number of rotatable bonds is 7. The Kier molecular flexibility index (Phi) is 8.81. The van der Waals surface area contributed by atoms with Crippen LogP contribution in [0.4, 0.5) is 18.9 Å². The van der Waals surface area contributed by atoms with E-state index < -0.39 is 26.7 Å². The maximum absolute atomic E-state index is 13.4. The Balaban J connectivity index is 1.81. The van der Waals surface area contributed by atoms with Crippen LogP contribution in [0.5, 0.6) is 5.75 Å². The molecular formula is C26H34ClF3N2O3Si. The molecule has 0 aromatic heterocycles. The highest BCUT2D eigenvalue weighted by Crippen LogP contribution is 2.38. The van der Waals surface area contributed by atoms with Gasteiger partial charge in [0.05, 0.1) is 29.5 Å². The van der Waals surface area contributed by atoms with E-state index in [1.807, 2.05) is 6.07 Å². The number of hydrogen-bond donors (Lipinski definition) is 1. The molecule has 0 radical (unpaired) electrons. The molecule has 1 unspecified atom stereocenters. The van der Waals surface area contributed by atoms with Gasteiger partial charge in [-0.1, -0.05) is 38.4 Å². The Morgan fingerprint density at radius 3 is 2.47 bits per heavy atom. The lowest BCUT2D eigenvalue weighted by molar-refractivity contribution is -0.138. The van der Waals surface area contributed by atoms with Crippen LogP contribution >= 0.6 is 11.6 Å². The van der Waals surface area contributed by atoms with Crippen molar-refractivity contribution in [2.24, 2.45) is 5.41 Å². The smallest absolute Gasteiger partial charge is 0.419 e. The van der Waals surface area contributed by atoms with Gasteiger partial charge in [-0.25, -0.2) is 0 Å². The van der Waals surface area contributed by atoms with Crippen LogP contribution in [-0.4, -0.2) is 46.2 Å². The Labute approximate surface area is 217 Å². The predicted molar refractivity (Wildman–Crippen MR) is 140 cm³/mol. The van der Waals surface area contributed by atoms with Crippen LogP contribution in [0.1, 0.15) is 47.8 Å². The summed E-state index contributed by atoms with van der Waals surface area (Å²) in [4.78, 5) is 15.1. The molecule has 0 aliphatic carbocycles. The number of benzene rings is 2. The molecule has 0 saturated heterocycles. The Bertz CT molecular complexity index is 1100. The van der Waals surface area contributed by atoms with Crippen LogP contribution in [0.15, 0.2) is 30.3 Å². The second kappa shape index (κ2) is 11.1. The summed E-state index contributed by atoms with van der Waals surface area (Å²) < 4.78 is 51.3. The van der Waals surface area contributed by atoms with E-state index in [0.717, 1.165) is 49.9 Å². The molecule has 198 valence electrons. The van der Waals surface area contributed by atoms with Crippen molar-refractivity contribution in [2.45, 2.75) is 59.1 Å². The minimum Gasteiger partial charge on any atom is -0.496 e. The second-order valence-electron chi connectivity index (χ2n) is 10.5. The molecule has 0 spiro atoms. The van der Waals surface area contributed by atoms with Crippen LogP contribution in [0, 0.1) is 5.41 Å². The van der Waals surface area contributed by atoms with Gasteiger partial charge in [0.15, 0.2) is 9.04 Å². The highest BCUT2D eigenvalue weighted by atomic mass is 35.5. The van der Waals surface area contributed by atoms with Crippen LogP contribution < -0.4 is 10.1 Å². The third-order valence-electron chi connectivity index (χ3n) is 6.26. The van der Waals surface area contributed by atoms with Crippen molar-refractivity contribution in [1.82, 2.24) is 4.90 Å². The SMILES string of the molecule is COc1ccc(C(=O)Nc2ccc3c(c2Cl)CN(CC(O[SiH](C)C)C(C)(C)C)CC3)cc1C(F)(F)F.